The van der Waals surface area contributed by atoms with E-state index in [1.807, 2.05) is 24.3 Å². The summed E-state index contributed by atoms with van der Waals surface area (Å²) >= 11 is 5.91. The molecular weight excluding hydrogens is 224 g/mol. The van der Waals surface area contributed by atoms with Crippen molar-refractivity contribution in [2.45, 2.75) is 37.9 Å². The lowest BCUT2D eigenvalue weighted by Gasteiger charge is -2.28. The van der Waals surface area contributed by atoms with Gasteiger partial charge >= 0.3 is 0 Å². The summed E-state index contributed by atoms with van der Waals surface area (Å²) in [5, 5.41) is 0.719. The molecule has 1 aliphatic rings. The molecule has 1 aromatic rings. The monoisotopic (exact) mass is 240 g/mol. The molecular formula is C13H17ClO2. The maximum atomic E-state index is 5.91. The molecule has 0 N–H and O–H groups in total. The van der Waals surface area contributed by atoms with Gasteiger partial charge in [0.15, 0.2) is 0 Å². The molecule has 0 saturated heterocycles. The van der Waals surface area contributed by atoms with Gasteiger partial charge in [-0.2, -0.15) is 0 Å². The Morgan fingerprint density at radius 2 is 2.06 bits per heavy atom. The molecule has 0 spiro atoms. The molecule has 3 heteroatoms. The van der Waals surface area contributed by atoms with Crippen LogP contribution in [0.3, 0.4) is 0 Å². The van der Waals surface area contributed by atoms with Gasteiger partial charge in [-0.3, -0.25) is 0 Å². The van der Waals surface area contributed by atoms with E-state index in [1.165, 1.54) is 6.42 Å². The summed E-state index contributed by atoms with van der Waals surface area (Å²) in [4.78, 5) is 0. The SMILES string of the molecule is COC1CCCC(Oc2cccc(Cl)c2)C1. The quantitative estimate of drug-likeness (QED) is 0.803. The van der Waals surface area contributed by atoms with Gasteiger partial charge in [-0.1, -0.05) is 17.7 Å². The van der Waals surface area contributed by atoms with Gasteiger partial charge in [-0.15, -0.1) is 0 Å². The fraction of sp³-hybridized carbons (Fsp3) is 0.538. The molecule has 2 atom stereocenters. The van der Waals surface area contributed by atoms with E-state index in [-0.39, 0.29) is 6.10 Å². The van der Waals surface area contributed by atoms with Crippen molar-refractivity contribution in [1.82, 2.24) is 0 Å². The molecule has 0 amide bonds. The van der Waals surface area contributed by atoms with Crippen molar-refractivity contribution < 1.29 is 9.47 Å². The van der Waals surface area contributed by atoms with E-state index in [0.717, 1.165) is 30.0 Å². The first-order valence-corrected chi connectivity index (χ1v) is 6.11. The number of methoxy groups -OCH3 is 1. The first kappa shape index (κ1) is 11.7. The second kappa shape index (κ2) is 5.55. The molecule has 1 aliphatic carbocycles. The van der Waals surface area contributed by atoms with Gasteiger partial charge in [0.05, 0.1) is 6.10 Å². The van der Waals surface area contributed by atoms with Crippen molar-refractivity contribution in [2.24, 2.45) is 0 Å². The average Bonchev–Trinajstić information content (AvgIpc) is 2.29. The van der Waals surface area contributed by atoms with Crippen molar-refractivity contribution in [3.8, 4) is 5.75 Å². The van der Waals surface area contributed by atoms with Crippen LogP contribution in [0.5, 0.6) is 5.75 Å². The third kappa shape index (κ3) is 3.13. The highest BCUT2D eigenvalue weighted by Crippen LogP contribution is 2.26. The summed E-state index contributed by atoms with van der Waals surface area (Å²) < 4.78 is 11.3. The van der Waals surface area contributed by atoms with Crippen molar-refractivity contribution in [1.29, 1.82) is 0 Å². The lowest BCUT2D eigenvalue weighted by Crippen LogP contribution is -2.29. The van der Waals surface area contributed by atoms with Gasteiger partial charge in [0.1, 0.15) is 11.9 Å². The van der Waals surface area contributed by atoms with Gasteiger partial charge in [0.2, 0.25) is 0 Å². The molecule has 1 fully saturated rings. The number of halogens is 1. The van der Waals surface area contributed by atoms with Crippen LogP contribution in [0.15, 0.2) is 24.3 Å². The van der Waals surface area contributed by atoms with Crippen LogP contribution in [0.4, 0.5) is 0 Å². The first-order chi connectivity index (χ1) is 7.78. The van der Waals surface area contributed by atoms with Gasteiger partial charge < -0.3 is 9.47 Å². The van der Waals surface area contributed by atoms with Gasteiger partial charge in [0, 0.05) is 18.6 Å². The summed E-state index contributed by atoms with van der Waals surface area (Å²) in [6, 6.07) is 7.57. The smallest absolute Gasteiger partial charge is 0.121 e. The molecule has 0 aromatic heterocycles. The highest BCUT2D eigenvalue weighted by molar-refractivity contribution is 6.30. The Morgan fingerprint density at radius 3 is 2.81 bits per heavy atom. The normalized spacial score (nSPS) is 25.4. The maximum absolute atomic E-state index is 5.91. The van der Waals surface area contributed by atoms with Crippen LogP contribution in [0.25, 0.3) is 0 Å². The Morgan fingerprint density at radius 1 is 1.25 bits per heavy atom. The molecule has 2 rings (SSSR count). The van der Waals surface area contributed by atoms with Crippen molar-refractivity contribution in [3.63, 3.8) is 0 Å². The van der Waals surface area contributed by atoms with Gasteiger partial charge in [-0.25, -0.2) is 0 Å². The summed E-state index contributed by atoms with van der Waals surface area (Å²) in [6.45, 7) is 0. The molecule has 16 heavy (non-hydrogen) atoms. The first-order valence-electron chi connectivity index (χ1n) is 5.73. The predicted molar refractivity (Wildman–Crippen MR) is 65.1 cm³/mol. The van der Waals surface area contributed by atoms with E-state index >= 15 is 0 Å². The standard InChI is InChI=1S/C13H17ClO2/c1-15-11-5-3-7-13(9-11)16-12-6-2-4-10(14)8-12/h2,4,6,8,11,13H,3,5,7,9H2,1H3. The maximum Gasteiger partial charge on any atom is 0.121 e. The van der Waals surface area contributed by atoms with Crippen molar-refractivity contribution in [3.05, 3.63) is 29.3 Å². The molecule has 0 bridgehead atoms. The zero-order chi connectivity index (χ0) is 11.4. The van der Waals surface area contributed by atoms with E-state index < -0.39 is 0 Å². The summed E-state index contributed by atoms with van der Waals surface area (Å²) in [5.41, 5.74) is 0. The largest absolute Gasteiger partial charge is 0.490 e. The minimum Gasteiger partial charge on any atom is -0.490 e. The molecule has 1 saturated carbocycles. The molecule has 88 valence electrons. The van der Waals surface area contributed by atoms with Crippen molar-refractivity contribution in [2.75, 3.05) is 7.11 Å². The lowest BCUT2D eigenvalue weighted by atomic mass is 9.95. The Hall–Kier alpha value is -0.730. The Kier molecular flexibility index (Phi) is 4.08. The fourth-order valence-electron chi connectivity index (χ4n) is 2.16. The van der Waals surface area contributed by atoms with Crippen LogP contribution < -0.4 is 4.74 Å². The average molecular weight is 241 g/mol. The number of benzene rings is 1. The van der Waals surface area contributed by atoms with E-state index in [2.05, 4.69) is 0 Å². The van der Waals surface area contributed by atoms with Crippen molar-refractivity contribution >= 4 is 11.6 Å². The van der Waals surface area contributed by atoms with E-state index in [1.54, 1.807) is 7.11 Å². The zero-order valence-electron chi connectivity index (χ0n) is 9.49. The lowest BCUT2D eigenvalue weighted by molar-refractivity contribution is 0.0210. The summed E-state index contributed by atoms with van der Waals surface area (Å²) in [5.74, 6) is 0.856. The second-order valence-corrected chi connectivity index (χ2v) is 4.66. The van der Waals surface area contributed by atoms with Crippen LogP contribution in [-0.4, -0.2) is 19.3 Å². The summed E-state index contributed by atoms with van der Waals surface area (Å²) in [7, 11) is 1.77. The molecule has 0 aliphatic heterocycles. The molecule has 0 radical (unpaired) electrons. The van der Waals surface area contributed by atoms with Gasteiger partial charge in [-0.05, 0) is 37.5 Å². The third-order valence-corrected chi connectivity index (χ3v) is 3.25. The van der Waals surface area contributed by atoms with Crippen LogP contribution in [0.1, 0.15) is 25.7 Å². The van der Waals surface area contributed by atoms with Gasteiger partial charge in [0.25, 0.3) is 0 Å². The molecule has 2 unspecified atom stereocenters. The highest BCUT2D eigenvalue weighted by atomic mass is 35.5. The van der Waals surface area contributed by atoms with E-state index in [0.29, 0.717) is 6.10 Å². The topological polar surface area (TPSA) is 18.5 Å². The number of hydrogen-bond donors (Lipinski definition) is 0. The van der Waals surface area contributed by atoms with Crippen LogP contribution in [0, 0.1) is 0 Å². The molecule has 2 nitrogen and oxygen atoms in total. The minimum atomic E-state index is 0.261. The zero-order valence-corrected chi connectivity index (χ0v) is 10.2. The number of hydrogen-bond acceptors (Lipinski definition) is 2. The van der Waals surface area contributed by atoms with Crippen LogP contribution in [0.2, 0.25) is 5.02 Å². The number of rotatable bonds is 3. The summed E-state index contributed by atoms with van der Waals surface area (Å²) in [6.07, 6.45) is 5.00. The minimum absolute atomic E-state index is 0.261. The predicted octanol–water partition coefficient (Wildman–Crippen LogP) is 3.68. The van der Waals surface area contributed by atoms with Crippen LogP contribution >= 0.6 is 11.6 Å². The fourth-order valence-corrected chi connectivity index (χ4v) is 2.34. The van der Waals surface area contributed by atoms with E-state index in [4.69, 9.17) is 21.1 Å². The Balaban J connectivity index is 1.94. The molecule has 0 heterocycles. The third-order valence-electron chi connectivity index (χ3n) is 3.01. The highest BCUT2D eigenvalue weighted by Gasteiger charge is 2.22. The Labute approximate surface area is 102 Å². The molecule has 1 aromatic carbocycles. The Bertz CT molecular complexity index is 340. The second-order valence-electron chi connectivity index (χ2n) is 4.22. The van der Waals surface area contributed by atoms with E-state index in [9.17, 15) is 0 Å². The number of ether oxygens (including phenoxy) is 2. The van der Waals surface area contributed by atoms with Crippen LogP contribution in [-0.2, 0) is 4.74 Å².